The molecule has 0 aliphatic heterocycles. The van der Waals surface area contributed by atoms with Gasteiger partial charge in [0.05, 0.1) is 0 Å². The maximum absolute atomic E-state index is 12.7. The summed E-state index contributed by atoms with van der Waals surface area (Å²) in [4.78, 5) is 37.9. The van der Waals surface area contributed by atoms with Crippen LogP contribution in [0.2, 0.25) is 0 Å². The van der Waals surface area contributed by atoms with Gasteiger partial charge >= 0.3 is 17.9 Å². The van der Waals surface area contributed by atoms with Gasteiger partial charge in [-0.05, 0) is 37.0 Å². The molecule has 6 heteroatoms. The van der Waals surface area contributed by atoms with E-state index in [-0.39, 0.29) is 31.1 Å². The summed E-state index contributed by atoms with van der Waals surface area (Å²) in [6, 6.07) is 0. The third kappa shape index (κ3) is 43.8. The first-order valence-corrected chi connectivity index (χ1v) is 25.1. The average molecular weight is 807 g/mol. The lowest BCUT2D eigenvalue weighted by Crippen LogP contribution is -2.30. The molecular weight excluding hydrogens is 709 g/mol. The summed E-state index contributed by atoms with van der Waals surface area (Å²) in [5.74, 6) is 1.62. The molecule has 2 atom stereocenters. The van der Waals surface area contributed by atoms with Gasteiger partial charge in [-0.25, -0.2) is 0 Å². The van der Waals surface area contributed by atoms with Gasteiger partial charge in [0, 0.05) is 19.3 Å². The number of carbonyl (C=O) groups excluding carboxylic acids is 3. The number of esters is 3. The van der Waals surface area contributed by atoms with Gasteiger partial charge in [0.25, 0.3) is 0 Å². The molecule has 6 nitrogen and oxygen atoms in total. The Morgan fingerprint density at radius 3 is 0.912 bits per heavy atom. The number of hydrogen-bond acceptors (Lipinski definition) is 6. The van der Waals surface area contributed by atoms with E-state index in [4.69, 9.17) is 14.2 Å². The minimum Gasteiger partial charge on any atom is -0.462 e. The Hall–Kier alpha value is -1.59. The molecule has 0 saturated heterocycles. The molecular formula is C51H98O6. The van der Waals surface area contributed by atoms with Crippen LogP contribution < -0.4 is 0 Å². The molecule has 0 fully saturated rings. The van der Waals surface area contributed by atoms with E-state index < -0.39 is 6.10 Å². The fraction of sp³-hybridized carbons (Fsp3) is 0.941. The Labute approximate surface area is 355 Å². The van der Waals surface area contributed by atoms with Crippen LogP contribution in [0.25, 0.3) is 0 Å². The zero-order valence-electron chi connectivity index (χ0n) is 39.1. The van der Waals surface area contributed by atoms with Crippen LogP contribution in [0.3, 0.4) is 0 Å². The predicted octanol–water partition coefficient (Wildman–Crippen LogP) is 16.0. The molecule has 0 saturated carbocycles. The highest BCUT2D eigenvalue weighted by atomic mass is 16.6. The van der Waals surface area contributed by atoms with Gasteiger partial charge in [0.1, 0.15) is 13.2 Å². The highest BCUT2D eigenvalue weighted by Crippen LogP contribution is 2.18. The number of hydrogen-bond donors (Lipinski definition) is 0. The minimum atomic E-state index is -0.763. The second-order valence-corrected chi connectivity index (χ2v) is 18.6. The second kappa shape index (κ2) is 42.5. The standard InChI is InChI=1S/C51H98O6/c1-7-47(6)39-33-27-21-16-18-24-30-36-42-51(54)57-48(44-56-50(53)41-35-29-23-17-15-20-26-32-38-46(4)5)43-55-49(52)40-34-28-22-14-12-10-8-9-11-13-19-25-31-37-45(2)3/h45-48H,7-44H2,1-6H3/t47?,48-/m0/s1. The SMILES string of the molecule is CCC(C)CCCCCCCCCCC(=O)O[C@@H](COC(=O)CCCCCCCCCCCCCCCC(C)C)COC(=O)CCCCCCCCCCC(C)C. The van der Waals surface area contributed by atoms with Crippen LogP contribution in [0.4, 0.5) is 0 Å². The second-order valence-electron chi connectivity index (χ2n) is 18.6. The molecule has 0 aliphatic carbocycles. The van der Waals surface area contributed by atoms with Crippen LogP contribution in [0, 0.1) is 17.8 Å². The Balaban J connectivity index is 4.31. The minimum absolute atomic E-state index is 0.0655. The summed E-state index contributed by atoms with van der Waals surface area (Å²) >= 11 is 0. The van der Waals surface area contributed by atoms with Crippen molar-refractivity contribution in [2.24, 2.45) is 17.8 Å². The van der Waals surface area contributed by atoms with Crippen LogP contribution in [-0.2, 0) is 28.6 Å². The Morgan fingerprint density at radius 2 is 0.614 bits per heavy atom. The monoisotopic (exact) mass is 807 g/mol. The van der Waals surface area contributed by atoms with E-state index in [0.29, 0.717) is 19.3 Å². The predicted molar refractivity (Wildman–Crippen MR) is 243 cm³/mol. The van der Waals surface area contributed by atoms with Gasteiger partial charge in [-0.2, -0.15) is 0 Å². The van der Waals surface area contributed by atoms with Gasteiger partial charge in [0.15, 0.2) is 6.10 Å². The van der Waals surface area contributed by atoms with Gasteiger partial charge in [-0.15, -0.1) is 0 Å². The largest absolute Gasteiger partial charge is 0.462 e. The molecule has 0 aromatic heterocycles. The molecule has 0 N–H and O–H groups in total. The molecule has 0 radical (unpaired) electrons. The van der Waals surface area contributed by atoms with Crippen molar-refractivity contribution < 1.29 is 28.6 Å². The van der Waals surface area contributed by atoms with Crippen LogP contribution in [0.15, 0.2) is 0 Å². The quantitative estimate of drug-likeness (QED) is 0.0347. The van der Waals surface area contributed by atoms with Crippen molar-refractivity contribution in [3.63, 3.8) is 0 Å². The zero-order chi connectivity index (χ0) is 42.0. The highest BCUT2D eigenvalue weighted by Gasteiger charge is 2.19. The Bertz CT molecular complexity index is 885. The molecule has 0 aromatic rings. The summed E-state index contributed by atoms with van der Waals surface area (Å²) in [7, 11) is 0. The van der Waals surface area contributed by atoms with Gasteiger partial charge < -0.3 is 14.2 Å². The van der Waals surface area contributed by atoms with Gasteiger partial charge in [-0.3, -0.25) is 14.4 Å². The topological polar surface area (TPSA) is 78.9 Å². The molecule has 0 spiro atoms. The average Bonchev–Trinajstić information content (AvgIpc) is 3.18. The summed E-state index contributed by atoms with van der Waals surface area (Å²) in [6.45, 7) is 13.7. The van der Waals surface area contributed by atoms with Gasteiger partial charge in [0.2, 0.25) is 0 Å². The van der Waals surface area contributed by atoms with E-state index >= 15 is 0 Å². The van der Waals surface area contributed by atoms with E-state index in [1.54, 1.807) is 0 Å². The first kappa shape index (κ1) is 55.4. The Kier molecular flexibility index (Phi) is 41.3. The van der Waals surface area contributed by atoms with Crippen molar-refractivity contribution >= 4 is 17.9 Å². The van der Waals surface area contributed by atoms with Crippen molar-refractivity contribution in [2.45, 2.75) is 279 Å². The highest BCUT2D eigenvalue weighted by molar-refractivity contribution is 5.71. The summed E-state index contributed by atoms with van der Waals surface area (Å²) in [6.07, 6.45) is 40.9. The summed E-state index contributed by atoms with van der Waals surface area (Å²) in [5.41, 5.74) is 0. The van der Waals surface area contributed by atoms with Crippen LogP contribution in [-0.4, -0.2) is 37.2 Å². The molecule has 0 amide bonds. The van der Waals surface area contributed by atoms with Crippen molar-refractivity contribution in [3.8, 4) is 0 Å². The van der Waals surface area contributed by atoms with E-state index in [1.165, 1.54) is 154 Å². The molecule has 0 aromatic carbocycles. The lowest BCUT2D eigenvalue weighted by molar-refractivity contribution is -0.167. The van der Waals surface area contributed by atoms with Crippen molar-refractivity contribution in [3.05, 3.63) is 0 Å². The van der Waals surface area contributed by atoms with E-state index in [2.05, 4.69) is 41.5 Å². The molecule has 0 heterocycles. The molecule has 0 aliphatic rings. The zero-order valence-corrected chi connectivity index (χ0v) is 39.1. The first-order chi connectivity index (χ1) is 27.6. The van der Waals surface area contributed by atoms with Crippen molar-refractivity contribution in [1.82, 2.24) is 0 Å². The third-order valence-electron chi connectivity index (χ3n) is 11.8. The maximum atomic E-state index is 12.7. The van der Waals surface area contributed by atoms with E-state index in [1.807, 2.05) is 0 Å². The lowest BCUT2D eigenvalue weighted by atomic mass is 9.99. The number of rotatable bonds is 44. The smallest absolute Gasteiger partial charge is 0.306 e. The number of carbonyl (C=O) groups is 3. The molecule has 57 heavy (non-hydrogen) atoms. The van der Waals surface area contributed by atoms with Crippen molar-refractivity contribution in [1.29, 1.82) is 0 Å². The lowest BCUT2D eigenvalue weighted by Gasteiger charge is -2.18. The third-order valence-corrected chi connectivity index (χ3v) is 11.8. The molecule has 0 bridgehead atoms. The summed E-state index contributed by atoms with van der Waals surface area (Å²) in [5, 5.41) is 0. The Morgan fingerprint density at radius 1 is 0.351 bits per heavy atom. The number of unbranched alkanes of at least 4 members (excludes halogenated alkanes) is 26. The van der Waals surface area contributed by atoms with E-state index in [0.717, 1.165) is 75.5 Å². The van der Waals surface area contributed by atoms with Crippen LogP contribution in [0.5, 0.6) is 0 Å². The van der Waals surface area contributed by atoms with Crippen LogP contribution >= 0.6 is 0 Å². The fourth-order valence-corrected chi connectivity index (χ4v) is 7.55. The summed E-state index contributed by atoms with van der Waals surface area (Å²) < 4.78 is 16.8. The molecule has 0 rings (SSSR count). The van der Waals surface area contributed by atoms with Crippen molar-refractivity contribution in [2.75, 3.05) is 13.2 Å². The van der Waals surface area contributed by atoms with E-state index in [9.17, 15) is 14.4 Å². The maximum Gasteiger partial charge on any atom is 0.306 e. The number of ether oxygens (including phenoxy) is 3. The van der Waals surface area contributed by atoms with Crippen LogP contribution in [0.1, 0.15) is 273 Å². The van der Waals surface area contributed by atoms with Gasteiger partial charge in [-0.1, -0.05) is 234 Å². The fourth-order valence-electron chi connectivity index (χ4n) is 7.55. The molecule has 1 unspecified atom stereocenters. The molecule has 338 valence electrons. The normalized spacial score (nSPS) is 12.6. The first-order valence-electron chi connectivity index (χ1n) is 25.1.